The predicted octanol–water partition coefficient (Wildman–Crippen LogP) is 3.97. The number of anilines is 2. The van der Waals surface area contributed by atoms with E-state index in [2.05, 4.69) is 63.2 Å². The van der Waals surface area contributed by atoms with Gasteiger partial charge in [-0.3, -0.25) is 4.99 Å². The van der Waals surface area contributed by atoms with Crippen molar-refractivity contribution in [2.75, 3.05) is 44.7 Å². The minimum atomic E-state index is 0.0963. The molecular weight excluding hydrogens is 426 g/mol. The van der Waals surface area contributed by atoms with Gasteiger partial charge < -0.3 is 30.7 Å². The summed E-state index contributed by atoms with van der Waals surface area (Å²) in [5.41, 5.74) is 5.49. The smallest absolute Gasteiger partial charge is 0.195 e. The molecule has 34 heavy (non-hydrogen) atoms. The molecule has 0 amide bonds. The van der Waals surface area contributed by atoms with Crippen LogP contribution >= 0.6 is 0 Å². The zero-order chi connectivity index (χ0) is 23.2. The van der Waals surface area contributed by atoms with Crippen LogP contribution in [0.5, 0.6) is 5.75 Å². The summed E-state index contributed by atoms with van der Waals surface area (Å²) >= 11 is 0. The van der Waals surface area contributed by atoms with Gasteiger partial charge in [0.25, 0.3) is 0 Å². The van der Waals surface area contributed by atoms with E-state index in [1.54, 1.807) is 0 Å². The Labute approximate surface area is 202 Å². The number of guanidine groups is 1. The molecule has 0 radical (unpaired) electrons. The molecule has 4 N–H and O–H groups in total. The number of rotatable bonds is 8. The van der Waals surface area contributed by atoms with E-state index >= 15 is 0 Å². The van der Waals surface area contributed by atoms with Gasteiger partial charge in [-0.25, -0.2) is 0 Å². The van der Waals surface area contributed by atoms with Crippen molar-refractivity contribution in [1.82, 2.24) is 16.0 Å². The van der Waals surface area contributed by atoms with Crippen LogP contribution in [0.1, 0.15) is 42.7 Å². The monoisotopic (exact) mass is 461 g/mol. The molecule has 3 aliphatic rings. The van der Waals surface area contributed by atoms with E-state index in [-0.39, 0.29) is 6.10 Å². The van der Waals surface area contributed by atoms with E-state index < -0.39 is 0 Å². The fourth-order valence-corrected chi connectivity index (χ4v) is 4.87. The van der Waals surface area contributed by atoms with Crippen molar-refractivity contribution in [3.05, 3.63) is 60.2 Å². The molecule has 2 aliphatic heterocycles. The van der Waals surface area contributed by atoms with Crippen LogP contribution in [0.2, 0.25) is 0 Å². The Balaban J connectivity index is 1.30. The first-order valence-electron chi connectivity index (χ1n) is 12.5. The van der Waals surface area contributed by atoms with Gasteiger partial charge >= 0.3 is 0 Å². The van der Waals surface area contributed by atoms with Gasteiger partial charge in [-0.1, -0.05) is 31.6 Å². The van der Waals surface area contributed by atoms with Crippen molar-refractivity contribution >= 4 is 23.0 Å². The maximum Gasteiger partial charge on any atom is 0.195 e. The lowest BCUT2D eigenvalue weighted by Gasteiger charge is -2.23. The van der Waals surface area contributed by atoms with E-state index in [9.17, 15) is 0 Å². The van der Waals surface area contributed by atoms with E-state index in [4.69, 9.17) is 9.47 Å². The zero-order valence-corrected chi connectivity index (χ0v) is 19.7. The lowest BCUT2D eigenvalue weighted by atomic mass is 9.93. The zero-order valence-electron chi connectivity index (χ0n) is 19.7. The Morgan fingerprint density at radius 2 is 2.06 bits per heavy atom. The highest BCUT2D eigenvalue weighted by Gasteiger charge is 2.21. The largest absolute Gasteiger partial charge is 0.491 e. The SMILES string of the molecule is C=C(NC1=NCCN1)c1ccc(Nc2cccc(OCC3CNCCO3)c2)c(C2CCCC2)c1. The van der Waals surface area contributed by atoms with Crippen molar-refractivity contribution in [3.8, 4) is 5.75 Å². The normalized spacial score (nSPS) is 20.5. The number of ether oxygens (including phenoxy) is 2. The molecule has 2 aromatic rings. The molecule has 1 unspecified atom stereocenters. The van der Waals surface area contributed by atoms with Crippen LogP contribution in [0.3, 0.4) is 0 Å². The summed E-state index contributed by atoms with van der Waals surface area (Å²) in [6, 6.07) is 14.8. The van der Waals surface area contributed by atoms with Crippen LogP contribution in [-0.2, 0) is 4.74 Å². The van der Waals surface area contributed by atoms with Crippen molar-refractivity contribution < 1.29 is 9.47 Å². The average Bonchev–Trinajstić information content (AvgIpc) is 3.59. The lowest BCUT2D eigenvalue weighted by Crippen LogP contribution is -2.41. The third-order valence-corrected chi connectivity index (χ3v) is 6.69. The standard InChI is InChI=1S/C27H35N5O2/c1-19(31-27-29-11-12-30-27)21-9-10-26(25(15-21)20-5-2-3-6-20)32-22-7-4-8-23(16-22)34-18-24-17-28-13-14-33-24/h4,7-10,15-16,20,24,28,32H,1-3,5-6,11-14,17-18H2,(H2,29,30,31). The number of nitrogens with one attached hydrogen (secondary N) is 4. The fraction of sp³-hybridized carbons (Fsp3) is 0.444. The van der Waals surface area contributed by atoms with Crippen molar-refractivity contribution in [2.24, 2.45) is 4.99 Å². The van der Waals surface area contributed by atoms with Gasteiger partial charge in [0.2, 0.25) is 0 Å². The molecule has 0 spiro atoms. The van der Waals surface area contributed by atoms with Gasteiger partial charge in [0.1, 0.15) is 18.5 Å². The highest BCUT2D eigenvalue weighted by molar-refractivity contribution is 5.90. The summed E-state index contributed by atoms with van der Waals surface area (Å²) < 4.78 is 11.8. The molecule has 1 saturated heterocycles. The van der Waals surface area contributed by atoms with Crippen LogP contribution < -0.4 is 26.0 Å². The Hall–Kier alpha value is -3.03. The Kier molecular flexibility index (Phi) is 7.31. The molecule has 2 aromatic carbocycles. The van der Waals surface area contributed by atoms with Crippen molar-refractivity contribution in [1.29, 1.82) is 0 Å². The maximum absolute atomic E-state index is 6.03. The Morgan fingerprint density at radius 1 is 1.15 bits per heavy atom. The molecular formula is C27H35N5O2. The average molecular weight is 462 g/mol. The number of nitrogens with zero attached hydrogens (tertiary/aromatic N) is 1. The summed E-state index contributed by atoms with van der Waals surface area (Å²) in [6.45, 7) is 8.96. The number of morpholine rings is 1. The first-order chi connectivity index (χ1) is 16.7. The van der Waals surface area contributed by atoms with Gasteiger partial charge in [0.05, 0.1) is 13.2 Å². The molecule has 1 saturated carbocycles. The number of aliphatic imine (C=N–C) groups is 1. The summed E-state index contributed by atoms with van der Waals surface area (Å²) in [4.78, 5) is 4.43. The highest BCUT2D eigenvalue weighted by Crippen LogP contribution is 2.40. The van der Waals surface area contributed by atoms with Gasteiger partial charge in [-0.05, 0) is 54.2 Å². The van der Waals surface area contributed by atoms with Gasteiger partial charge in [0.15, 0.2) is 5.96 Å². The van der Waals surface area contributed by atoms with Crippen LogP contribution in [0, 0.1) is 0 Å². The second-order valence-electron chi connectivity index (χ2n) is 9.20. The van der Waals surface area contributed by atoms with Crippen LogP contribution in [0.15, 0.2) is 54.0 Å². The van der Waals surface area contributed by atoms with E-state index in [1.165, 1.54) is 31.2 Å². The van der Waals surface area contributed by atoms with Gasteiger partial charge in [-0.15, -0.1) is 0 Å². The molecule has 180 valence electrons. The molecule has 0 bridgehead atoms. The minimum absolute atomic E-state index is 0.0963. The molecule has 1 atom stereocenters. The first kappa shape index (κ1) is 22.7. The summed E-state index contributed by atoms with van der Waals surface area (Å²) in [6.07, 6.45) is 5.13. The minimum Gasteiger partial charge on any atom is -0.491 e. The second kappa shape index (κ2) is 10.9. The first-order valence-corrected chi connectivity index (χ1v) is 12.5. The summed E-state index contributed by atoms with van der Waals surface area (Å²) in [5.74, 6) is 2.22. The second-order valence-corrected chi connectivity index (χ2v) is 9.20. The van der Waals surface area contributed by atoms with E-state index in [0.29, 0.717) is 12.5 Å². The topological polar surface area (TPSA) is 78.9 Å². The van der Waals surface area contributed by atoms with Crippen molar-refractivity contribution in [3.63, 3.8) is 0 Å². The molecule has 0 aromatic heterocycles. The number of hydrogen-bond acceptors (Lipinski definition) is 7. The van der Waals surface area contributed by atoms with E-state index in [1.807, 2.05) is 12.1 Å². The van der Waals surface area contributed by atoms with Crippen LogP contribution in [-0.4, -0.2) is 51.5 Å². The Morgan fingerprint density at radius 3 is 2.85 bits per heavy atom. The quantitative estimate of drug-likeness (QED) is 0.476. The molecule has 7 heteroatoms. The molecule has 7 nitrogen and oxygen atoms in total. The Bertz CT molecular complexity index is 1030. The lowest BCUT2D eigenvalue weighted by molar-refractivity contribution is 0.000207. The molecule has 2 heterocycles. The van der Waals surface area contributed by atoms with Crippen molar-refractivity contribution in [2.45, 2.75) is 37.7 Å². The molecule has 2 fully saturated rings. The third kappa shape index (κ3) is 5.72. The van der Waals surface area contributed by atoms with Gasteiger partial charge in [-0.2, -0.15) is 0 Å². The highest BCUT2D eigenvalue weighted by atomic mass is 16.5. The third-order valence-electron chi connectivity index (χ3n) is 6.69. The number of benzene rings is 2. The van der Waals surface area contributed by atoms with Gasteiger partial charge in [0, 0.05) is 42.8 Å². The maximum atomic E-state index is 6.03. The summed E-state index contributed by atoms with van der Waals surface area (Å²) in [5, 5.41) is 13.6. The molecule has 1 aliphatic carbocycles. The van der Waals surface area contributed by atoms with Crippen LogP contribution in [0.25, 0.3) is 5.70 Å². The molecule has 5 rings (SSSR count). The number of hydrogen-bond donors (Lipinski definition) is 4. The fourth-order valence-electron chi connectivity index (χ4n) is 4.87. The van der Waals surface area contributed by atoms with E-state index in [0.717, 1.165) is 67.1 Å². The van der Waals surface area contributed by atoms with Crippen LogP contribution in [0.4, 0.5) is 11.4 Å². The summed E-state index contributed by atoms with van der Waals surface area (Å²) in [7, 11) is 0. The predicted molar refractivity (Wildman–Crippen MR) is 138 cm³/mol.